The van der Waals surface area contributed by atoms with Crippen LogP contribution in [0.3, 0.4) is 0 Å². The minimum atomic E-state index is 0.175. The third kappa shape index (κ3) is 5.18. The van der Waals surface area contributed by atoms with Crippen LogP contribution in [0.4, 0.5) is 5.82 Å². The number of nitrogens with zero attached hydrogens (tertiary/aromatic N) is 5. The first kappa shape index (κ1) is 25.4. The van der Waals surface area contributed by atoms with Gasteiger partial charge in [0.1, 0.15) is 5.82 Å². The van der Waals surface area contributed by atoms with E-state index in [0.717, 1.165) is 56.9 Å². The summed E-state index contributed by atoms with van der Waals surface area (Å²) in [4.78, 5) is 40.6. The summed E-state index contributed by atoms with van der Waals surface area (Å²) in [5, 5.41) is 0. The highest BCUT2D eigenvalue weighted by Crippen LogP contribution is 2.43. The van der Waals surface area contributed by atoms with Crippen LogP contribution in [0.2, 0.25) is 0 Å². The number of benzene rings is 1. The lowest BCUT2D eigenvalue weighted by molar-refractivity contribution is -0.131. The van der Waals surface area contributed by atoms with Gasteiger partial charge in [-0.3, -0.25) is 14.5 Å². The Bertz CT molecular complexity index is 1090. The smallest absolute Gasteiger partial charge is 0.254 e. The number of pyridine rings is 1. The Hall–Kier alpha value is -2.93. The molecule has 0 N–H and O–H groups in total. The highest BCUT2D eigenvalue weighted by molar-refractivity contribution is 5.94. The lowest BCUT2D eigenvalue weighted by atomic mass is 9.69. The number of piperazine rings is 1. The van der Waals surface area contributed by atoms with Crippen molar-refractivity contribution in [1.82, 2.24) is 19.7 Å². The molecule has 202 valence electrons. The van der Waals surface area contributed by atoms with E-state index in [1.165, 1.54) is 38.8 Å². The SMILES string of the molecule is O=C(CCC[C@@H]1[C@H]2CCCN3CCC[C@@H](CN1C(=O)c1ccccc1)[C@@H]23)N1CCN(c2ccccn2)CC1. The zero-order valence-corrected chi connectivity index (χ0v) is 22.5. The van der Waals surface area contributed by atoms with E-state index in [-0.39, 0.29) is 17.9 Å². The molecule has 7 nitrogen and oxygen atoms in total. The molecule has 0 aliphatic carbocycles. The molecular formula is C31H41N5O2. The maximum Gasteiger partial charge on any atom is 0.254 e. The van der Waals surface area contributed by atoms with Gasteiger partial charge in [-0.15, -0.1) is 0 Å². The summed E-state index contributed by atoms with van der Waals surface area (Å²) in [5.74, 6) is 2.52. The van der Waals surface area contributed by atoms with Crippen LogP contribution in [0.25, 0.3) is 0 Å². The molecule has 1 aromatic carbocycles. The lowest BCUT2D eigenvalue weighted by Crippen LogP contribution is -2.65. The van der Waals surface area contributed by atoms with E-state index in [4.69, 9.17) is 0 Å². The Kier molecular flexibility index (Phi) is 7.63. The van der Waals surface area contributed by atoms with Gasteiger partial charge in [0, 0.05) is 63.0 Å². The number of carbonyl (C=O) groups excluding carboxylic acids is 2. The number of aromatic nitrogens is 1. The molecule has 4 aliphatic rings. The monoisotopic (exact) mass is 515 g/mol. The zero-order chi connectivity index (χ0) is 25.9. The Morgan fingerprint density at radius 1 is 0.868 bits per heavy atom. The molecule has 0 unspecified atom stereocenters. The van der Waals surface area contributed by atoms with Crippen LogP contribution in [-0.4, -0.2) is 89.4 Å². The molecule has 38 heavy (non-hydrogen) atoms. The predicted molar refractivity (Wildman–Crippen MR) is 149 cm³/mol. The van der Waals surface area contributed by atoms with E-state index in [1.54, 1.807) is 0 Å². The highest BCUT2D eigenvalue weighted by Gasteiger charge is 2.49. The molecule has 4 aliphatic heterocycles. The molecule has 2 aromatic rings. The van der Waals surface area contributed by atoms with E-state index in [1.807, 2.05) is 59.6 Å². The van der Waals surface area contributed by atoms with Gasteiger partial charge in [0.05, 0.1) is 0 Å². The Morgan fingerprint density at radius 3 is 2.39 bits per heavy atom. The van der Waals surface area contributed by atoms with E-state index in [2.05, 4.69) is 19.7 Å². The normalized spacial score (nSPS) is 27.6. The molecule has 0 saturated carbocycles. The van der Waals surface area contributed by atoms with Crippen LogP contribution in [0.5, 0.6) is 0 Å². The lowest BCUT2D eigenvalue weighted by Gasteiger charge is -2.57. The molecule has 6 rings (SSSR count). The van der Waals surface area contributed by atoms with Crippen LogP contribution >= 0.6 is 0 Å². The van der Waals surface area contributed by atoms with Crippen molar-refractivity contribution in [3.05, 3.63) is 60.3 Å². The average molecular weight is 516 g/mol. The van der Waals surface area contributed by atoms with Gasteiger partial charge < -0.3 is 14.7 Å². The van der Waals surface area contributed by atoms with Gasteiger partial charge in [-0.05, 0) is 87.7 Å². The standard InChI is InChI=1S/C31H41N5O2/c37-29(34-21-19-33(20-22-34)28-14-4-5-16-32-28)15-6-13-27-26-12-8-18-35-17-7-11-25(30(26)35)23-36(27)31(38)24-9-2-1-3-10-24/h1-5,9-10,14,16,25-27,30H,6-8,11-13,15,17-23H2/t25-,26+,27+,30-/m0/s1. The fourth-order valence-electron chi connectivity index (χ4n) is 7.69. The van der Waals surface area contributed by atoms with Crippen molar-refractivity contribution < 1.29 is 9.59 Å². The number of carbonyl (C=O) groups is 2. The molecule has 1 aromatic heterocycles. The Labute approximate surface area is 226 Å². The summed E-state index contributed by atoms with van der Waals surface area (Å²) in [5.41, 5.74) is 0.793. The van der Waals surface area contributed by atoms with Gasteiger partial charge in [-0.1, -0.05) is 24.3 Å². The maximum absolute atomic E-state index is 13.8. The number of hydrogen-bond acceptors (Lipinski definition) is 5. The summed E-state index contributed by atoms with van der Waals surface area (Å²) in [6.07, 6.45) is 9.04. The molecule has 7 heteroatoms. The minimum absolute atomic E-state index is 0.175. The summed E-state index contributed by atoms with van der Waals surface area (Å²) in [6.45, 7) is 6.43. The van der Waals surface area contributed by atoms with Crippen molar-refractivity contribution in [2.75, 3.05) is 50.7 Å². The summed E-state index contributed by atoms with van der Waals surface area (Å²) >= 11 is 0. The molecule has 5 heterocycles. The number of piperidine rings is 3. The number of anilines is 1. The molecular weight excluding hydrogens is 474 g/mol. The molecule has 0 bridgehead atoms. The van der Waals surface area contributed by atoms with E-state index in [0.29, 0.717) is 24.3 Å². The van der Waals surface area contributed by atoms with Crippen LogP contribution in [-0.2, 0) is 4.79 Å². The average Bonchev–Trinajstić information content (AvgIpc) is 2.99. The van der Waals surface area contributed by atoms with E-state index < -0.39 is 0 Å². The first-order chi connectivity index (χ1) is 18.7. The Morgan fingerprint density at radius 2 is 1.63 bits per heavy atom. The van der Waals surface area contributed by atoms with Crippen molar-refractivity contribution in [3.8, 4) is 0 Å². The third-order valence-corrected chi connectivity index (χ3v) is 9.45. The van der Waals surface area contributed by atoms with Gasteiger partial charge in [0.25, 0.3) is 5.91 Å². The molecule has 2 amide bonds. The van der Waals surface area contributed by atoms with Crippen molar-refractivity contribution in [3.63, 3.8) is 0 Å². The van der Waals surface area contributed by atoms with Gasteiger partial charge in [0.15, 0.2) is 0 Å². The van der Waals surface area contributed by atoms with Crippen molar-refractivity contribution in [2.45, 2.75) is 57.0 Å². The topological polar surface area (TPSA) is 60.0 Å². The quantitative estimate of drug-likeness (QED) is 0.584. The maximum atomic E-state index is 13.8. The van der Waals surface area contributed by atoms with E-state index in [9.17, 15) is 9.59 Å². The number of likely N-dealkylation sites (tertiary alicyclic amines) is 1. The molecule has 0 spiro atoms. The van der Waals surface area contributed by atoms with Crippen LogP contribution in [0.1, 0.15) is 55.3 Å². The van der Waals surface area contributed by atoms with Gasteiger partial charge in [0.2, 0.25) is 5.91 Å². The van der Waals surface area contributed by atoms with Gasteiger partial charge in [-0.2, -0.15) is 0 Å². The number of hydrogen-bond donors (Lipinski definition) is 0. The second-order valence-corrected chi connectivity index (χ2v) is 11.6. The molecule has 4 atom stereocenters. The van der Waals surface area contributed by atoms with Crippen LogP contribution in [0, 0.1) is 11.8 Å². The minimum Gasteiger partial charge on any atom is -0.353 e. The van der Waals surface area contributed by atoms with Crippen LogP contribution in [0.15, 0.2) is 54.7 Å². The van der Waals surface area contributed by atoms with Crippen molar-refractivity contribution >= 4 is 17.6 Å². The first-order valence-electron chi connectivity index (χ1n) is 14.7. The second-order valence-electron chi connectivity index (χ2n) is 11.6. The fourth-order valence-corrected chi connectivity index (χ4v) is 7.69. The third-order valence-electron chi connectivity index (χ3n) is 9.45. The zero-order valence-electron chi connectivity index (χ0n) is 22.5. The summed E-state index contributed by atoms with van der Waals surface area (Å²) in [7, 11) is 0. The van der Waals surface area contributed by atoms with Crippen LogP contribution < -0.4 is 4.90 Å². The largest absolute Gasteiger partial charge is 0.353 e. The Balaban J connectivity index is 1.10. The van der Waals surface area contributed by atoms with E-state index >= 15 is 0 Å². The van der Waals surface area contributed by atoms with Crippen molar-refractivity contribution in [2.24, 2.45) is 11.8 Å². The molecule has 4 fully saturated rings. The second kappa shape index (κ2) is 11.4. The highest BCUT2D eigenvalue weighted by atomic mass is 16.2. The summed E-state index contributed by atoms with van der Waals surface area (Å²) in [6, 6.07) is 16.6. The van der Waals surface area contributed by atoms with Gasteiger partial charge >= 0.3 is 0 Å². The fraction of sp³-hybridized carbons (Fsp3) is 0.581. The molecule has 0 radical (unpaired) electrons. The first-order valence-corrected chi connectivity index (χ1v) is 14.7. The number of amides is 2. The summed E-state index contributed by atoms with van der Waals surface area (Å²) < 4.78 is 0. The van der Waals surface area contributed by atoms with Crippen molar-refractivity contribution in [1.29, 1.82) is 0 Å². The molecule has 4 saturated heterocycles. The number of rotatable bonds is 6. The predicted octanol–water partition coefficient (Wildman–Crippen LogP) is 3.92. The van der Waals surface area contributed by atoms with Gasteiger partial charge in [-0.25, -0.2) is 4.98 Å².